The van der Waals surface area contributed by atoms with Crippen molar-refractivity contribution in [2.45, 2.75) is 0 Å². The summed E-state index contributed by atoms with van der Waals surface area (Å²) in [5.74, 6) is -2.51. The maximum absolute atomic E-state index is 15.0. The number of halogens is 3. The highest BCUT2D eigenvalue weighted by molar-refractivity contribution is 6.40. The Bertz CT molecular complexity index is 1570. The second-order valence-electron chi connectivity index (χ2n) is 8.44. The van der Waals surface area contributed by atoms with Gasteiger partial charge in [-0.05, 0) is 34.4 Å². The molecule has 37 heavy (non-hydrogen) atoms. The first-order chi connectivity index (χ1) is 18.1. The first-order valence-electron chi connectivity index (χ1n) is 11.6. The zero-order valence-electron chi connectivity index (χ0n) is 19.3. The molecular formula is C30H18BF3O3. The standard InChI is InChI=1S/C30H18BF3O3/c32-25-16-13-19-7-1-4-10-22(19)28(25)35-31(36-29-23-11-5-2-8-20(23)14-17-26(29)33)37-30-24-12-6-3-9-21(24)15-18-27(30)34/h1-18H. The summed E-state index contributed by atoms with van der Waals surface area (Å²) in [6, 6.07) is 29.7. The second-order valence-corrected chi connectivity index (χ2v) is 8.44. The van der Waals surface area contributed by atoms with E-state index in [4.69, 9.17) is 14.0 Å². The summed E-state index contributed by atoms with van der Waals surface area (Å²) in [4.78, 5) is 0. The molecule has 180 valence electrons. The van der Waals surface area contributed by atoms with E-state index in [2.05, 4.69) is 0 Å². The van der Waals surface area contributed by atoms with Crippen LogP contribution in [0.5, 0.6) is 17.2 Å². The molecule has 0 saturated carbocycles. The molecule has 6 rings (SSSR count). The molecule has 0 N–H and O–H groups in total. The van der Waals surface area contributed by atoms with Gasteiger partial charge in [0, 0.05) is 16.2 Å². The van der Waals surface area contributed by atoms with Crippen LogP contribution in [0.2, 0.25) is 0 Å². The van der Waals surface area contributed by atoms with E-state index in [1.807, 2.05) is 18.2 Å². The van der Waals surface area contributed by atoms with Crippen molar-refractivity contribution in [1.82, 2.24) is 0 Å². The van der Waals surface area contributed by atoms with E-state index in [1.165, 1.54) is 18.2 Å². The van der Waals surface area contributed by atoms with Gasteiger partial charge < -0.3 is 14.0 Å². The number of hydrogen-bond acceptors (Lipinski definition) is 3. The smallest absolute Gasteiger partial charge is 0.486 e. The lowest BCUT2D eigenvalue weighted by Crippen LogP contribution is -2.38. The van der Waals surface area contributed by atoms with E-state index in [0.717, 1.165) is 0 Å². The molecule has 0 aliphatic carbocycles. The van der Waals surface area contributed by atoms with Crippen LogP contribution in [0.3, 0.4) is 0 Å². The zero-order valence-corrected chi connectivity index (χ0v) is 19.3. The highest BCUT2D eigenvalue weighted by Crippen LogP contribution is 2.35. The Hall–Kier alpha value is -4.65. The van der Waals surface area contributed by atoms with Crippen molar-refractivity contribution in [1.29, 1.82) is 0 Å². The average molecular weight is 494 g/mol. The van der Waals surface area contributed by atoms with E-state index in [1.54, 1.807) is 72.8 Å². The Morgan fingerprint density at radius 2 is 0.676 bits per heavy atom. The molecular weight excluding hydrogens is 476 g/mol. The topological polar surface area (TPSA) is 27.7 Å². The maximum atomic E-state index is 15.0. The van der Waals surface area contributed by atoms with Crippen molar-refractivity contribution < 1.29 is 27.1 Å². The lowest BCUT2D eigenvalue weighted by Gasteiger charge is -2.20. The molecule has 0 radical (unpaired) electrons. The SMILES string of the molecule is Fc1ccc2ccccc2c1OB(Oc1c(F)ccc2ccccc12)Oc1c(F)ccc2ccccc12. The van der Waals surface area contributed by atoms with E-state index in [9.17, 15) is 0 Å². The van der Waals surface area contributed by atoms with Crippen LogP contribution in [0.25, 0.3) is 32.3 Å². The molecule has 0 aliphatic heterocycles. The molecule has 0 spiro atoms. The minimum atomic E-state index is -1.74. The number of fused-ring (bicyclic) bond motifs is 3. The van der Waals surface area contributed by atoms with Crippen molar-refractivity contribution in [3.8, 4) is 17.2 Å². The molecule has 0 atom stereocenters. The third-order valence-electron chi connectivity index (χ3n) is 6.14. The highest BCUT2D eigenvalue weighted by atomic mass is 19.1. The minimum absolute atomic E-state index is 0.163. The van der Waals surface area contributed by atoms with Crippen LogP contribution in [-0.2, 0) is 0 Å². The second kappa shape index (κ2) is 9.43. The molecule has 0 fully saturated rings. The normalized spacial score (nSPS) is 11.1. The third kappa shape index (κ3) is 4.29. The van der Waals surface area contributed by atoms with Crippen molar-refractivity contribution in [2.24, 2.45) is 0 Å². The van der Waals surface area contributed by atoms with Crippen LogP contribution in [-0.4, -0.2) is 7.32 Å². The Morgan fingerprint density at radius 1 is 0.378 bits per heavy atom. The van der Waals surface area contributed by atoms with Crippen molar-refractivity contribution in [3.63, 3.8) is 0 Å². The Labute approximate surface area is 210 Å². The number of rotatable bonds is 6. The maximum Gasteiger partial charge on any atom is 0.864 e. The molecule has 0 unspecified atom stereocenters. The van der Waals surface area contributed by atoms with Crippen molar-refractivity contribution >= 4 is 39.6 Å². The van der Waals surface area contributed by atoms with Gasteiger partial charge in [0.05, 0.1) is 0 Å². The number of benzene rings is 6. The summed E-state index contributed by atoms with van der Waals surface area (Å²) in [6.07, 6.45) is 0. The van der Waals surface area contributed by atoms with Crippen molar-refractivity contribution in [2.75, 3.05) is 0 Å². The van der Waals surface area contributed by atoms with E-state index >= 15 is 13.2 Å². The van der Waals surface area contributed by atoms with Crippen LogP contribution in [0.4, 0.5) is 13.2 Å². The van der Waals surface area contributed by atoms with Gasteiger partial charge in [0.25, 0.3) is 0 Å². The molecule has 0 saturated heterocycles. The minimum Gasteiger partial charge on any atom is -0.486 e. The summed E-state index contributed by atoms with van der Waals surface area (Å²) in [7, 11) is -1.74. The van der Waals surface area contributed by atoms with E-state index in [0.29, 0.717) is 32.3 Å². The Morgan fingerprint density at radius 3 is 1.00 bits per heavy atom. The fraction of sp³-hybridized carbons (Fsp3) is 0. The van der Waals surface area contributed by atoms with E-state index in [-0.39, 0.29) is 17.2 Å². The molecule has 0 amide bonds. The molecule has 0 aliphatic rings. The van der Waals surface area contributed by atoms with Gasteiger partial charge in [0.15, 0.2) is 17.5 Å². The lowest BCUT2D eigenvalue weighted by atomic mass is 10.1. The predicted octanol–water partition coefficient (Wildman–Crippen LogP) is 8.09. The van der Waals surface area contributed by atoms with Gasteiger partial charge in [-0.15, -0.1) is 0 Å². The zero-order chi connectivity index (χ0) is 25.4. The van der Waals surface area contributed by atoms with Crippen molar-refractivity contribution in [3.05, 3.63) is 127 Å². The average Bonchev–Trinajstić information content (AvgIpc) is 2.93. The molecule has 6 aromatic rings. The summed E-state index contributed by atoms with van der Waals surface area (Å²) < 4.78 is 62.9. The summed E-state index contributed by atoms with van der Waals surface area (Å²) in [6.45, 7) is 0. The van der Waals surface area contributed by atoms with Crippen LogP contribution in [0.1, 0.15) is 0 Å². The molecule has 0 aromatic heterocycles. The molecule has 3 nitrogen and oxygen atoms in total. The van der Waals surface area contributed by atoms with Gasteiger partial charge in [0.1, 0.15) is 17.2 Å². The quantitative estimate of drug-likeness (QED) is 0.219. The van der Waals surface area contributed by atoms with Crippen LogP contribution in [0, 0.1) is 17.5 Å². The number of hydrogen-bond donors (Lipinski definition) is 0. The molecule has 6 aromatic carbocycles. The van der Waals surface area contributed by atoms with Crippen LogP contribution in [0.15, 0.2) is 109 Å². The molecule has 0 heterocycles. The third-order valence-corrected chi connectivity index (χ3v) is 6.14. The first-order valence-corrected chi connectivity index (χ1v) is 11.6. The fourth-order valence-corrected chi connectivity index (χ4v) is 4.37. The lowest BCUT2D eigenvalue weighted by molar-refractivity contribution is 0.293. The first kappa shape index (κ1) is 22.8. The van der Waals surface area contributed by atoms with Gasteiger partial charge in [-0.25, -0.2) is 13.2 Å². The molecule has 0 bridgehead atoms. The van der Waals surface area contributed by atoms with Gasteiger partial charge in [-0.1, -0.05) is 91.0 Å². The van der Waals surface area contributed by atoms with E-state index < -0.39 is 24.8 Å². The van der Waals surface area contributed by atoms with Gasteiger partial charge >= 0.3 is 7.32 Å². The van der Waals surface area contributed by atoms with Crippen LogP contribution < -0.4 is 14.0 Å². The summed E-state index contributed by atoms with van der Waals surface area (Å²) in [5.41, 5.74) is 0. The Balaban J connectivity index is 1.49. The highest BCUT2D eigenvalue weighted by Gasteiger charge is 2.35. The Kier molecular flexibility index (Phi) is 5.81. The largest absolute Gasteiger partial charge is 0.864 e. The van der Waals surface area contributed by atoms with Gasteiger partial charge in [-0.2, -0.15) is 0 Å². The summed E-state index contributed by atoms with van der Waals surface area (Å²) >= 11 is 0. The van der Waals surface area contributed by atoms with Gasteiger partial charge in [-0.3, -0.25) is 0 Å². The fourth-order valence-electron chi connectivity index (χ4n) is 4.37. The molecule has 7 heteroatoms. The van der Waals surface area contributed by atoms with Gasteiger partial charge in [0.2, 0.25) is 0 Å². The monoisotopic (exact) mass is 494 g/mol. The predicted molar refractivity (Wildman–Crippen MR) is 139 cm³/mol. The summed E-state index contributed by atoms with van der Waals surface area (Å²) in [5, 5.41) is 3.51. The van der Waals surface area contributed by atoms with Crippen LogP contribution >= 0.6 is 0 Å².